The number of hydrogen-bond donors (Lipinski definition) is 2. The number of likely N-dealkylation sites (tertiary alicyclic amines) is 1. The number of nitrogens with one attached hydrogen (secondary N) is 2. The van der Waals surface area contributed by atoms with Crippen LogP contribution in [0.15, 0.2) is 35.5 Å². The molecule has 0 radical (unpaired) electrons. The fraction of sp³-hybridized carbons (Fsp3) is 0.467. The largest absolute Gasteiger partial charge is 0.495 e. The molecule has 2 fully saturated rings. The number of amides is 1. The Bertz CT molecular complexity index is 1760. The lowest BCUT2D eigenvalue weighted by Gasteiger charge is -2.44. The van der Waals surface area contributed by atoms with Crippen LogP contribution < -0.4 is 15.4 Å². The Morgan fingerprint density at radius 2 is 1.98 bits per heavy atom. The van der Waals surface area contributed by atoms with E-state index in [1.54, 1.807) is 0 Å². The van der Waals surface area contributed by atoms with Gasteiger partial charge in [-0.05, 0) is 24.5 Å². The first-order chi connectivity index (χ1) is 21.2. The molecule has 0 unspecified atom stereocenters. The van der Waals surface area contributed by atoms with Gasteiger partial charge in [0.25, 0.3) is 5.91 Å². The second kappa shape index (κ2) is 12.9. The van der Waals surface area contributed by atoms with E-state index in [9.17, 15) is 30.8 Å². The molecule has 0 bridgehead atoms. The summed E-state index contributed by atoms with van der Waals surface area (Å²) in [4.78, 5) is 19.5. The number of alkyl halides is 3. The summed E-state index contributed by atoms with van der Waals surface area (Å²) in [7, 11) is -2.53. The Morgan fingerprint density at radius 1 is 1.22 bits per heavy atom. The van der Waals surface area contributed by atoms with Crippen molar-refractivity contribution < 1.29 is 40.2 Å². The van der Waals surface area contributed by atoms with Gasteiger partial charge in [-0.1, -0.05) is 18.8 Å². The van der Waals surface area contributed by atoms with Gasteiger partial charge in [0.1, 0.15) is 28.5 Å². The van der Waals surface area contributed by atoms with Gasteiger partial charge in [-0.3, -0.25) is 9.69 Å². The fourth-order valence-corrected chi connectivity index (χ4v) is 6.28. The average Bonchev–Trinajstić information content (AvgIpc) is 3.31. The van der Waals surface area contributed by atoms with E-state index in [0.717, 1.165) is 48.8 Å². The molecule has 5 rings (SSSR count). The number of aromatic nitrogens is 2. The van der Waals surface area contributed by atoms with E-state index in [-0.39, 0.29) is 52.1 Å². The van der Waals surface area contributed by atoms with Crippen LogP contribution in [0.4, 0.5) is 23.2 Å². The minimum Gasteiger partial charge on any atom is -0.495 e. The smallest absolute Gasteiger partial charge is 0.406 e. The maximum Gasteiger partial charge on any atom is 0.406 e. The number of sulfone groups is 1. The summed E-state index contributed by atoms with van der Waals surface area (Å²) in [5, 5.41) is 5.91. The molecule has 2 aliphatic heterocycles. The van der Waals surface area contributed by atoms with Crippen LogP contribution in [0.25, 0.3) is 11.0 Å². The molecule has 15 heteroatoms. The van der Waals surface area contributed by atoms with Gasteiger partial charge < -0.3 is 24.7 Å². The summed E-state index contributed by atoms with van der Waals surface area (Å²) in [5.41, 5.74) is 0.763. The highest BCUT2D eigenvalue weighted by molar-refractivity contribution is 7.90. The third-order valence-electron chi connectivity index (χ3n) is 7.96. The highest BCUT2D eigenvalue weighted by atomic mass is 32.2. The molecule has 242 valence electrons. The Hall–Kier alpha value is -3.87. The Labute approximate surface area is 258 Å². The van der Waals surface area contributed by atoms with E-state index in [0.29, 0.717) is 19.3 Å². The number of nitrogens with zero attached hydrogens (tertiary/aromatic N) is 3. The zero-order chi connectivity index (χ0) is 32.5. The molecule has 0 saturated carbocycles. The van der Waals surface area contributed by atoms with Crippen LogP contribution in [0.1, 0.15) is 29.3 Å². The second-order valence-corrected chi connectivity index (χ2v) is 13.3. The van der Waals surface area contributed by atoms with Crippen LogP contribution >= 0.6 is 0 Å². The molecular formula is C30H33F4N5O5S. The van der Waals surface area contributed by atoms with Gasteiger partial charge in [0.15, 0.2) is 9.84 Å². The topological polar surface area (TPSA) is 115 Å². The number of fused-ring (bicyclic) bond motifs is 1. The van der Waals surface area contributed by atoms with Crippen molar-refractivity contribution in [2.45, 2.75) is 43.0 Å². The summed E-state index contributed by atoms with van der Waals surface area (Å²) < 4.78 is 89.5. The van der Waals surface area contributed by atoms with E-state index in [4.69, 9.17) is 9.47 Å². The number of hydrogen-bond acceptors (Lipinski definition) is 8. The number of carbonyl (C=O) groups is 1. The quantitative estimate of drug-likeness (QED) is 0.281. The van der Waals surface area contributed by atoms with Gasteiger partial charge in [0.05, 0.1) is 56.0 Å². The van der Waals surface area contributed by atoms with Crippen molar-refractivity contribution in [2.75, 3.05) is 51.5 Å². The van der Waals surface area contributed by atoms with Crippen LogP contribution in [0.3, 0.4) is 0 Å². The predicted octanol–water partition coefficient (Wildman–Crippen LogP) is 3.45. The number of carbonyl (C=O) groups excluding carboxylic acids is 1. The standard InChI is InChI=1S/C30H33F4N5O5S/c1-18-13-38(20-14-44-15-20)8-6-23(18)37-29(40)21-9-19(10-25-28(21)36-17-39(25)16-30(32,33)34)5-4-7-35-24-11-22(31)27(45(3,41)42)12-26(24)43-2/h9-12,17-18,20,23,35H,6-8,13-16H2,1-3H3,(H,37,40)/t18-,23-/m0/s1. The molecule has 3 heterocycles. The van der Waals surface area contributed by atoms with Gasteiger partial charge >= 0.3 is 6.18 Å². The van der Waals surface area contributed by atoms with Crippen LogP contribution in [0.2, 0.25) is 0 Å². The highest BCUT2D eigenvalue weighted by Crippen LogP contribution is 2.30. The molecule has 45 heavy (non-hydrogen) atoms. The average molecular weight is 652 g/mol. The molecule has 1 amide bonds. The molecule has 10 nitrogen and oxygen atoms in total. The van der Waals surface area contributed by atoms with Crippen molar-refractivity contribution in [3.63, 3.8) is 0 Å². The molecule has 0 aliphatic carbocycles. The van der Waals surface area contributed by atoms with Crippen molar-refractivity contribution >= 4 is 32.5 Å². The van der Waals surface area contributed by atoms with Crippen molar-refractivity contribution in [3.05, 3.63) is 47.5 Å². The van der Waals surface area contributed by atoms with Gasteiger partial charge in [-0.25, -0.2) is 17.8 Å². The maximum atomic E-state index is 14.5. The lowest BCUT2D eigenvalue weighted by atomic mass is 9.92. The van der Waals surface area contributed by atoms with Gasteiger partial charge in [-0.2, -0.15) is 13.2 Å². The first-order valence-corrected chi connectivity index (χ1v) is 16.1. The molecule has 2 aliphatic rings. The minimum atomic E-state index is -4.52. The van der Waals surface area contributed by atoms with Crippen molar-refractivity contribution in [1.82, 2.24) is 19.8 Å². The Balaban J connectivity index is 1.38. The predicted molar refractivity (Wildman–Crippen MR) is 158 cm³/mol. The Morgan fingerprint density at radius 3 is 2.60 bits per heavy atom. The number of halogens is 4. The van der Waals surface area contributed by atoms with E-state index in [1.807, 2.05) is 0 Å². The summed E-state index contributed by atoms with van der Waals surface area (Å²) in [6.45, 7) is 3.68. The second-order valence-electron chi connectivity index (χ2n) is 11.3. The first-order valence-electron chi connectivity index (χ1n) is 14.2. The monoisotopic (exact) mass is 651 g/mol. The van der Waals surface area contributed by atoms with Crippen molar-refractivity contribution in [1.29, 1.82) is 0 Å². The fourth-order valence-electron chi connectivity index (χ4n) is 5.54. The molecule has 2 saturated heterocycles. The van der Waals surface area contributed by atoms with E-state index >= 15 is 0 Å². The van der Waals surface area contributed by atoms with E-state index in [1.165, 1.54) is 19.2 Å². The number of methoxy groups -OCH3 is 1. The molecule has 2 aromatic carbocycles. The molecule has 2 N–H and O–H groups in total. The number of rotatable bonds is 8. The Kier molecular flexibility index (Phi) is 9.29. The van der Waals surface area contributed by atoms with E-state index in [2.05, 4.69) is 39.3 Å². The zero-order valence-corrected chi connectivity index (χ0v) is 25.7. The molecule has 1 aromatic heterocycles. The highest BCUT2D eigenvalue weighted by Gasteiger charge is 2.34. The SMILES string of the molecule is COc1cc(S(C)(=O)=O)c(F)cc1NCC#Cc1cc(C(=O)N[C@H]2CCN(C3COC3)C[C@@H]2C)c2ncn(CC(F)(F)F)c2c1. The first kappa shape index (κ1) is 32.5. The summed E-state index contributed by atoms with van der Waals surface area (Å²) in [6, 6.07) is 5.21. The zero-order valence-electron chi connectivity index (χ0n) is 24.9. The van der Waals surface area contributed by atoms with Crippen molar-refractivity contribution in [3.8, 4) is 17.6 Å². The molecule has 3 aromatic rings. The van der Waals surface area contributed by atoms with Gasteiger partial charge in [0, 0.05) is 43.1 Å². The maximum absolute atomic E-state index is 14.5. The normalized spacial score (nSPS) is 19.4. The molecule has 0 spiro atoms. The van der Waals surface area contributed by atoms with E-state index < -0.39 is 39.2 Å². The lowest BCUT2D eigenvalue weighted by molar-refractivity contribution is -0.139. The van der Waals surface area contributed by atoms with Crippen LogP contribution in [-0.4, -0.2) is 93.2 Å². The van der Waals surface area contributed by atoms with Gasteiger partial charge in [-0.15, -0.1) is 0 Å². The van der Waals surface area contributed by atoms with Crippen LogP contribution in [0.5, 0.6) is 5.75 Å². The lowest BCUT2D eigenvalue weighted by Crippen LogP contribution is -2.57. The van der Waals surface area contributed by atoms with Crippen LogP contribution in [-0.2, 0) is 21.1 Å². The summed E-state index contributed by atoms with van der Waals surface area (Å²) in [6.07, 6.45) is -1.87. The summed E-state index contributed by atoms with van der Waals surface area (Å²) in [5.74, 6) is 4.46. The van der Waals surface area contributed by atoms with Crippen molar-refractivity contribution in [2.24, 2.45) is 5.92 Å². The minimum absolute atomic E-state index is 0.0580. The van der Waals surface area contributed by atoms with Crippen LogP contribution in [0, 0.1) is 23.6 Å². The number of anilines is 1. The number of benzene rings is 2. The third-order valence-corrected chi connectivity index (χ3v) is 9.07. The third kappa shape index (κ3) is 7.51. The molecular weight excluding hydrogens is 618 g/mol. The van der Waals surface area contributed by atoms with Gasteiger partial charge in [0.2, 0.25) is 0 Å². The number of ether oxygens (including phenoxy) is 2. The number of piperidine rings is 1. The molecule has 2 atom stereocenters. The number of imidazole rings is 1. The summed E-state index contributed by atoms with van der Waals surface area (Å²) >= 11 is 0.